The minimum atomic E-state index is -0.670. The van der Waals surface area contributed by atoms with Gasteiger partial charge < -0.3 is 9.84 Å². The predicted molar refractivity (Wildman–Crippen MR) is 123 cm³/mol. The van der Waals surface area contributed by atoms with Crippen molar-refractivity contribution in [2.24, 2.45) is 5.41 Å². The summed E-state index contributed by atoms with van der Waals surface area (Å²) in [7, 11) is 0. The number of unbranched alkanes of at least 4 members (excludes halogenated alkanes) is 12. The zero-order valence-corrected chi connectivity index (χ0v) is 20.2. The largest absolute Gasteiger partial charge is 0.481 e. The molecule has 0 saturated carbocycles. The molecular weight excluding hydrogens is 364 g/mol. The molecule has 0 aromatic carbocycles. The Bertz CT molecular complexity index is 372. The summed E-state index contributed by atoms with van der Waals surface area (Å²) in [6.45, 7) is 11.2. The number of hydrogen-bond donors (Lipinski definition) is 1. The second-order valence-electron chi connectivity index (χ2n) is 9.36. The number of carbonyl (C=O) groups excluding carboxylic acids is 1. The number of carboxylic acid groups (broad SMARTS) is 1. The average molecular weight is 415 g/mol. The standard InChI is InChI=1S/C17H34O2.C8H16O2/c1-5-6-7-8-9-10-11-12-13-14-16(18)19-15-17(2,3)4;1-2-3-4-5-6-7-8(9)10/h5-15H2,1-4H3;2-7H2,1H3,(H,9,10). The van der Waals surface area contributed by atoms with Crippen molar-refractivity contribution in [3.05, 3.63) is 0 Å². The SMILES string of the molecule is CCCCCCCC(=O)O.CCCCCCCCCCCC(=O)OCC(C)(C)C. The molecule has 0 heterocycles. The van der Waals surface area contributed by atoms with E-state index in [1.807, 2.05) is 0 Å². The molecule has 4 nitrogen and oxygen atoms in total. The Morgan fingerprint density at radius 2 is 1.03 bits per heavy atom. The summed E-state index contributed by atoms with van der Waals surface area (Å²) >= 11 is 0. The molecule has 0 aliphatic rings. The van der Waals surface area contributed by atoms with Crippen LogP contribution in [0.1, 0.15) is 137 Å². The Morgan fingerprint density at radius 1 is 0.655 bits per heavy atom. The van der Waals surface area contributed by atoms with E-state index in [9.17, 15) is 9.59 Å². The van der Waals surface area contributed by atoms with Crippen LogP contribution in [0.4, 0.5) is 0 Å². The first-order chi connectivity index (χ1) is 13.7. The lowest BCUT2D eigenvalue weighted by Gasteiger charge is -2.17. The van der Waals surface area contributed by atoms with Crippen LogP contribution in [0.25, 0.3) is 0 Å². The molecule has 0 atom stereocenters. The van der Waals surface area contributed by atoms with Gasteiger partial charge in [0.2, 0.25) is 0 Å². The van der Waals surface area contributed by atoms with Crippen molar-refractivity contribution >= 4 is 11.9 Å². The zero-order chi connectivity index (χ0) is 22.4. The molecule has 0 amide bonds. The van der Waals surface area contributed by atoms with Gasteiger partial charge in [-0.15, -0.1) is 0 Å². The van der Waals surface area contributed by atoms with Crippen LogP contribution in [-0.4, -0.2) is 23.7 Å². The number of esters is 1. The molecule has 0 fully saturated rings. The molecule has 0 aliphatic carbocycles. The highest BCUT2D eigenvalue weighted by Gasteiger charge is 2.13. The Balaban J connectivity index is 0. The van der Waals surface area contributed by atoms with Gasteiger partial charge in [0.15, 0.2) is 0 Å². The number of hydrogen-bond acceptors (Lipinski definition) is 3. The number of carboxylic acids is 1. The van der Waals surface area contributed by atoms with E-state index in [0.29, 0.717) is 19.4 Å². The van der Waals surface area contributed by atoms with Crippen molar-refractivity contribution in [3.63, 3.8) is 0 Å². The lowest BCUT2D eigenvalue weighted by Crippen LogP contribution is -2.18. The molecule has 0 aliphatic heterocycles. The fourth-order valence-corrected chi connectivity index (χ4v) is 2.83. The van der Waals surface area contributed by atoms with Crippen molar-refractivity contribution in [1.29, 1.82) is 0 Å². The second kappa shape index (κ2) is 21.6. The van der Waals surface area contributed by atoms with Gasteiger partial charge in [-0.25, -0.2) is 0 Å². The van der Waals surface area contributed by atoms with Gasteiger partial charge in [0.25, 0.3) is 0 Å². The molecule has 0 bridgehead atoms. The maximum atomic E-state index is 11.5. The highest BCUT2D eigenvalue weighted by atomic mass is 16.5. The Morgan fingerprint density at radius 3 is 1.41 bits per heavy atom. The van der Waals surface area contributed by atoms with E-state index in [-0.39, 0.29) is 11.4 Å². The van der Waals surface area contributed by atoms with E-state index in [0.717, 1.165) is 19.3 Å². The van der Waals surface area contributed by atoms with Crippen molar-refractivity contribution in [3.8, 4) is 0 Å². The van der Waals surface area contributed by atoms with Gasteiger partial charge in [-0.05, 0) is 18.3 Å². The van der Waals surface area contributed by atoms with Gasteiger partial charge in [0, 0.05) is 12.8 Å². The molecule has 0 saturated heterocycles. The van der Waals surface area contributed by atoms with Gasteiger partial charge in [0.1, 0.15) is 0 Å². The molecule has 0 rings (SSSR count). The summed E-state index contributed by atoms with van der Waals surface area (Å²) in [5.74, 6) is -0.700. The molecule has 0 aromatic rings. The second-order valence-corrected chi connectivity index (χ2v) is 9.36. The third-order valence-corrected chi connectivity index (χ3v) is 4.64. The van der Waals surface area contributed by atoms with Crippen LogP contribution < -0.4 is 0 Å². The fourth-order valence-electron chi connectivity index (χ4n) is 2.83. The van der Waals surface area contributed by atoms with Gasteiger partial charge in [-0.1, -0.05) is 112 Å². The first kappa shape index (κ1) is 30.1. The average Bonchev–Trinajstić information content (AvgIpc) is 2.64. The highest BCUT2D eigenvalue weighted by Crippen LogP contribution is 2.14. The summed E-state index contributed by atoms with van der Waals surface area (Å²) < 4.78 is 5.24. The normalized spacial score (nSPS) is 10.9. The molecule has 4 heteroatoms. The molecule has 0 radical (unpaired) electrons. The minimum Gasteiger partial charge on any atom is -0.481 e. The van der Waals surface area contributed by atoms with Crippen molar-refractivity contribution < 1.29 is 19.4 Å². The Hall–Kier alpha value is -1.06. The lowest BCUT2D eigenvalue weighted by atomic mass is 9.99. The van der Waals surface area contributed by atoms with Crippen molar-refractivity contribution in [2.75, 3.05) is 6.61 Å². The Labute approximate surface area is 181 Å². The van der Waals surface area contributed by atoms with E-state index in [4.69, 9.17) is 9.84 Å². The van der Waals surface area contributed by atoms with Crippen LogP contribution in [0.3, 0.4) is 0 Å². The molecular formula is C25H50O4. The van der Waals surface area contributed by atoms with Crippen LogP contribution in [0.5, 0.6) is 0 Å². The number of carbonyl (C=O) groups is 2. The van der Waals surface area contributed by atoms with Crippen LogP contribution in [0.2, 0.25) is 0 Å². The summed E-state index contributed by atoms with van der Waals surface area (Å²) in [6.07, 6.45) is 18.0. The van der Waals surface area contributed by atoms with Crippen molar-refractivity contribution in [2.45, 2.75) is 137 Å². The maximum absolute atomic E-state index is 11.5. The van der Waals surface area contributed by atoms with Crippen LogP contribution >= 0.6 is 0 Å². The fraction of sp³-hybridized carbons (Fsp3) is 0.920. The maximum Gasteiger partial charge on any atom is 0.305 e. The lowest BCUT2D eigenvalue weighted by molar-refractivity contribution is -0.146. The third kappa shape index (κ3) is 31.8. The number of rotatable bonds is 17. The summed E-state index contributed by atoms with van der Waals surface area (Å²) in [5.41, 5.74) is 0.0775. The molecule has 29 heavy (non-hydrogen) atoms. The van der Waals surface area contributed by atoms with E-state index in [2.05, 4.69) is 34.6 Å². The van der Waals surface area contributed by atoms with Crippen LogP contribution in [0, 0.1) is 5.41 Å². The first-order valence-corrected chi connectivity index (χ1v) is 12.1. The van der Waals surface area contributed by atoms with Crippen LogP contribution in [0.15, 0.2) is 0 Å². The van der Waals surface area contributed by atoms with E-state index in [1.54, 1.807) is 0 Å². The Kier molecular flexibility index (Phi) is 22.5. The number of aliphatic carboxylic acids is 1. The minimum absolute atomic E-state index is 0.0297. The smallest absolute Gasteiger partial charge is 0.305 e. The molecule has 0 unspecified atom stereocenters. The van der Waals surface area contributed by atoms with E-state index < -0.39 is 5.97 Å². The first-order valence-electron chi connectivity index (χ1n) is 12.1. The zero-order valence-electron chi connectivity index (χ0n) is 20.2. The van der Waals surface area contributed by atoms with Gasteiger partial charge >= 0.3 is 11.9 Å². The topological polar surface area (TPSA) is 63.6 Å². The summed E-state index contributed by atoms with van der Waals surface area (Å²) in [5, 5.41) is 8.27. The van der Waals surface area contributed by atoms with Gasteiger partial charge in [-0.3, -0.25) is 9.59 Å². The highest BCUT2D eigenvalue weighted by molar-refractivity contribution is 5.69. The van der Waals surface area contributed by atoms with E-state index >= 15 is 0 Å². The summed E-state index contributed by atoms with van der Waals surface area (Å²) in [4.78, 5) is 21.5. The van der Waals surface area contributed by atoms with E-state index in [1.165, 1.54) is 70.6 Å². The van der Waals surface area contributed by atoms with Gasteiger partial charge in [0.05, 0.1) is 6.61 Å². The predicted octanol–water partition coefficient (Wildman–Crippen LogP) is 7.93. The molecule has 0 aromatic heterocycles. The monoisotopic (exact) mass is 414 g/mol. The van der Waals surface area contributed by atoms with Gasteiger partial charge in [-0.2, -0.15) is 0 Å². The number of ether oxygens (including phenoxy) is 1. The quantitative estimate of drug-likeness (QED) is 0.194. The third-order valence-electron chi connectivity index (χ3n) is 4.64. The molecule has 0 spiro atoms. The molecule has 1 N–H and O–H groups in total. The molecule has 174 valence electrons. The summed E-state index contributed by atoms with van der Waals surface area (Å²) in [6, 6.07) is 0. The van der Waals surface area contributed by atoms with Crippen molar-refractivity contribution in [1.82, 2.24) is 0 Å². The van der Waals surface area contributed by atoms with Crippen LogP contribution in [-0.2, 0) is 14.3 Å².